The Kier molecular flexibility index (Phi) is 2.48. The van der Waals surface area contributed by atoms with Gasteiger partial charge in [0, 0.05) is 25.7 Å². The first kappa shape index (κ1) is 10.3. The van der Waals surface area contributed by atoms with E-state index in [0.717, 1.165) is 32.6 Å². The van der Waals surface area contributed by atoms with Crippen LogP contribution in [-0.4, -0.2) is 40.4 Å². The lowest BCUT2D eigenvalue weighted by Crippen LogP contribution is -2.51. The monoisotopic (exact) mass is 220 g/mol. The van der Waals surface area contributed by atoms with E-state index < -0.39 is 0 Å². The number of hydrogen-bond donors (Lipinski definition) is 1. The standard InChI is InChI=1S/C12H20N4/c1-9(2)15-7-11(8-15)16-12-6-13-4-3-10(12)5-14-16/h5,9,11,13H,3-4,6-8H2,1-2H3. The van der Waals surface area contributed by atoms with E-state index in [-0.39, 0.29) is 0 Å². The molecule has 88 valence electrons. The molecule has 0 aliphatic carbocycles. The number of fused-ring (bicyclic) bond motifs is 1. The van der Waals surface area contributed by atoms with Crippen LogP contribution in [0, 0.1) is 0 Å². The van der Waals surface area contributed by atoms with Gasteiger partial charge in [-0.3, -0.25) is 9.58 Å². The van der Waals surface area contributed by atoms with Crippen LogP contribution in [0.1, 0.15) is 31.1 Å². The topological polar surface area (TPSA) is 33.1 Å². The van der Waals surface area contributed by atoms with Gasteiger partial charge in [0.25, 0.3) is 0 Å². The van der Waals surface area contributed by atoms with E-state index in [4.69, 9.17) is 0 Å². The van der Waals surface area contributed by atoms with Crippen molar-refractivity contribution in [3.05, 3.63) is 17.5 Å². The zero-order valence-corrected chi connectivity index (χ0v) is 10.1. The van der Waals surface area contributed by atoms with Gasteiger partial charge < -0.3 is 5.32 Å². The van der Waals surface area contributed by atoms with Crippen LogP contribution in [0.15, 0.2) is 6.20 Å². The average molecular weight is 220 g/mol. The van der Waals surface area contributed by atoms with Crippen molar-refractivity contribution in [2.45, 2.75) is 38.9 Å². The summed E-state index contributed by atoms with van der Waals surface area (Å²) in [5, 5.41) is 7.99. The van der Waals surface area contributed by atoms with Gasteiger partial charge in [0.2, 0.25) is 0 Å². The van der Waals surface area contributed by atoms with Crippen LogP contribution in [0.2, 0.25) is 0 Å². The van der Waals surface area contributed by atoms with Gasteiger partial charge in [-0.2, -0.15) is 5.10 Å². The Hall–Kier alpha value is -0.870. The molecule has 1 aromatic rings. The minimum atomic E-state index is 0.603. The molecule has 1 saturated heterocycles. The van der Waals surface area contributed by atoms with Crippen molar-refractivity contribution in [3.63, 3.8) is 0 Å². The summed E-state index contributed by atoms with van der Waals surface area (Å²) in [6.07, 6.45) is 3.20. The zero-order valence-electron chi connectivity index (χ0n) is 10.1. The molecule has 3 heterocycles. The average Bonchev–Trinajstić information content (AvgIpc) is 2.60. The van der Waals surface area contributed by atoms with E-state index in [1.807, 2.05) is 0 Å². The lowest BCUT2D eigenvalue weighted by atomic mass is 10.1. The molecule has 0 spiro atoms. The van der Waals surface area contributed by atoms with Crippen molar-refractivity contribution in [1.82, 2.24) is 20.0 Å². The Morgan fingerprint density at radius 3 is 3.00 bits per heavy atom. The van der Waals surface area contributed by atoms with Crippen LogP contribution in [0.3, 0.4) is 0 Å². The van der Waals surface area contributed by atoms with Crippen molar-refractivity contribution >= 4 is 0 Å². The van der Waals surface area contributed by atoms with Gasteiger partial charge in [-0.15, -0.1) is 0 Å². The maximum Gasteiger partial charge on any atom is 0.0776 e. The van der Waals surface area contributed by atoms with E-state index >= 15 is 0 Å². The van der Waals surface area contributed by atoms with Crippen LogP contribution < -0.4 is 5.32 Å². The minimum absolute atomic E-state index is 0.603. The Morgan fingerprint density at radius 2 is 2.25 bits per heavy atom. The molecule has 2 aliphatic heterocycles. The van der Waals surface area contributed by atoms with Gasteiger partial charge in [0.05, 0.1) is 17.9 Å². The maximum atomic E-state index is 4.56. The molecule has 1 N–H and O–H groups in total. The van der Waals surface area contributed by atoms with E-state index in [0.29, 0.717) is 12.1 Å². The van der Waals surface area contributed by atoms with Gasteiger partial charge in [0.15, 0.2) is 0 Å². The van der Waals surface area contributed by atoms with Crippen LogP contribution >= 0.6 is 0 Å². The minimum Gasteiger partial charge on any atom is -0.311 e. The number of likely N-dealkylation sites (tertiary alicyclic amines) is 1. The second-order valence-electron chi connectivity index (χ2n) is 5.19. The highest BCUT2D eigenvalue weighted by molar-refractivity contribution is 5.21. The fourth-order valence-electron chi connectivity index (χ4n) is 2.64. The highest BCUT2D eigenvalue weighted by Crippen LogP contribution is 2.26. The number of aromatic nitrogens is 2. The first-order valence-electron chi connectivity index (χ1n) is 6.25. The molecule has 4 nitrogen and oxygen atoms in total. The highest BCUT2D eigenvalue weighted by Gasteiger charge is 2.32. The molecule has 2 aliphatic rings. The van der Waals surface area contributed by atoms with Crippen LogP contribution in [0.5, 0.6) is 0 Å². The molecule has 1 aromatic heterocycles. The van der Waals surface area contributed by atoms with Gasteiger partial charge in [0.1, 0.15) is 0 Å². The molecule has 3 rings (SSSR count). The lowest BCUT2D eigenvalue weighted by Gasteiger charge is -2.42. The maximum absolute atomic E-state index is 4.56. The first-order valence-corrected chi connectivity index (χ1v) is 6.25. The first-order chi connectivity index (χ1) is 7.75. The smallest absolute Gasteiger partial charge is 0.0776 e. The van der Waals surface area contributed by atoms with E-state index in [9.17, 15) is 0 Å². The summed E-state index contributed by atoms with van der Waals surface area (Å²) in [4.78, 5) is 2.50. The summed E-state index contributed by atoms with van der Waals surface area (Å²) in [5.41, 5.74) is 2.86. The molecule has 0 bridgehead atoms. The van der Waals surface area contributed by atoms with E-state index in [1.165, 1.54) is 11.3 Å². The number of rotatable bonds is 2. The molecule has 0 aromatic carbocycles. The van der Waals surface area contributed by atoms with Gasteiger partial charge in [-0.05, 0) is 32.4 Å². The number of nitrogens with one attached hydrogen (secondary N) is 1. The molecule has 0 radical (unpaired) electrons. The van der Waals surface area contributed by atoms with Crippen molar-refractivity contribution in [1.29, 1.82) is 0 Å². The number of hydrogen-bond acceptors (Lipinski definition) is 3. The fourth-order valence-corrected chi connectivity index (χ4v) is 2.64. The predicted molar refractivity (Wildman–Crippen MR) is 63.4 cm³/mol. The third-order valence-corrected chi connectivity index (χ3v) is 3.82. The summed E-state index contributed by atoms with van der Waals surface area (Å²) >= 11 is 0. The summed E-state index contributed by atoms with van der Waals surface area (Å²) in [6.45, 7) is 8.93. The Bertz CT molecular complexity index is 376. The van der Waals surface area contributed by atoms with E-state index in [2.05, 4.69) is 40.0 Å². The normalized spacial score (nSPS) is 22.2. The van der Waals surface area contributed by atoms with Gasteiger partial charge >= 0.3 is 0 Å². The summed E-state index contributed by atoms with van der Waals surface area (Å²) in [5.74, 6) is 0. The third kappa shape index (κ3) is 1.57. The second-order valence-corrected chi connectivity index (χ2v) is 5.19. The molecule has 0 unspecified atom stereocenters. The van der Waals surface area contributed by atoms with Gasteiger partial charge in [-0.1, -0.05) is 0 Å². The third-order valence-electron chi connectivity index (χ3n) is 3.82. The Balaban J connectivity index is 1.74. The van der Waals surface area contributed by atoms with Crippen LogP contribution in [0.4, 0.5) is 0 Å². The fraction of sp³-hybridized carbons (Fsp3) is 0.750. The predicted octanol–water partition coefficient (Wildman–Crippen LogP) is 0.794. The molecule has 4 heteroatoms. The Morgan fingerprint density at radius 1 is 1.44 bits per heavy atom. The van der Waals surface area contributed by atoms with Crippen molar-refractivity contribution in [2.24, 2.45) is 0 Å². The summed E-state index contributed by atoms with van der Waals surface area (Å²) in [7, 11) is 0. The molecular formula is C12H20N4. The quantitative estimate of drug-likeness (QED) is 0.800. The van der Waals surface area contributed by atoms with Crippen LogP contribution in [0.25, 0.3) is 0 Å². The second kappa shape index (κ2) is 3.86. The molecule has 0 saturated carbocycles. The SMILES string of the molecule is CC(C)N1CC(n2ncc3c2CNCC3)C1. The summed E-state index contributed by atoms with van der Waals surface area (Å²) < 4.78 is 2.25. The van der Waals surface area contributed by atoms with Crippen molar-refractivity contribution < 1.29 is 0 Å². The molecular weight excluding hydrogens is 200 g/mol. The largest absolute Gasteiger partial charge is 0.311 e. The molecule has 16 heavy (non-hydrogen) atoms. The van der Waals surface area contributed by atoms with E-state index in [1.54, 1.807) is 0 Å². The molecule has 0 amide bonds. The Labute approximate surface area is 96.6 Å². The van der Waals surface area contributed by atoms with Gasteiger partial charge in [-0.25, -0.2) is 0 Å². The lowest BCUT2D eigenvalue weighted by molar-refractivity contribution is 0.0654. The highest BCUT2D eigenvalue weighted by atomic mass is 15.4. The van der Waals surface area contributed by atoms with Crippen LogP contribution in [-0.2, 0) is 13.0 Å². The molecule has 1 fully saturated rings. The van der Waals surface area contributed by atoms with Crippen molar-refractivity contribution in [2.75, 3.05) is 19.6 Å². The number of nitrogens with zero attached hydrogens (tertiary/aromatic N) is 3. The summed E-state index contributed by atoms with van der Waals surface area (Å²) in [6, 6.07) is 1.27. The zero-order chi connectivity index (χ0) is 11.1. The molecule has 0 atom stereocenters. The van der Waals surface area contributed by atoms with Crippen molar-refractivity contribution in [3.8, 4) is 0 Å².